The van der Waals surface area contributed by atoms with Gasteiger partial charge in [0.1, 0.15) is 11.3 Å². The first-order valence-corrected chi connectivity index (χ1v) is 5.87. The van der Waals surface area contributed by atoms with Gasteiger partial charge in [0.15, 0.2) is 10.7 Å². The highest BCUT2D eigenvalue weighted by Gasteiger charge is 2.18. The van der Waals surface area contributed by atoms with Crippen molar-refractivity contribution in [1.82, 2.24) is 9.38 Å². The summed E-state index contributed by atoms with van der Waals surface area (Å²) in [5.41, 5.74) is -0.0141. The molecule has 0 aliphatic heterocycles. The van der Waals surface area contributed by atoms with Crippen molar-refractivity contribution >= 4 is 27.9 Å². The number of rotatable bonds is 3. The zero-order valence-corrected chi connectivity index (χ0v) is 10.2. The van der Waals surface area contributed by atoms with Crippen molar-refractivity contribution in [3.63, 3.8) is 0 Å². The monoisotopic (exact) mass is 250 g/mol. The number of carbonyl (C=O) groups is 2. The molecule has 0 amide bonds. The average molecular weight is 250 g/mol. The summed E-state index contributed by atoms with van der Waals surface area (Å²) in [4.78, 5) is 39.5. The second-order valence-electron chi connectivity index (χ2n) is 3.73. The molecule has 0 bridgehead atoms. The highest BCUT2D eigenvalue weighted by molar-refractivity contribution is 7.15. The number of aryl methyl sites for hydroxylation is 1. The predicted molar refractivity (Wildman–Crippen MR) is 63.7 cm³/mol. The van der Waals surface area contributed by atoms with Crippen LogP contribution < -0.4 is 5.56 Å². The zero-order valence-electron chi connectivity index (χ0n) is 9.39. The first-order valence-electron chi connectivity index (χ1n) is 5.00. The van der Waals surface area contributed by atoms with Crippen molar-refractivity contribution in [2.75, 3.05) is 0 Å². The molecule has 0 radical (unpaired) electrons. The molecule has 0 unspecified atom stereocenters. The summed E-state index contributed by atoms with van der Waals surface area (Å²) >= 11 is 1.32. The SMILES string of the molecule is CC(=O)CC(=O)c1c(C)nc2sccn2c1=O. The molecule has 2 rings (SSSR count). The van der Waals surface area contributed by atoms with Gasteiger partial charge in [-0.25, -0.2) is 4.98 Å². The summed E-state index contributed by atoms with van der Waals surface area (Å²) in [5, 5.41) is 1.72. The van der Waals surface area contributed by atoms with Crippen LogP contribution in [0.1, 0.15) is 29.4 Å². The summed E-state index contributed by atoms with van der Waals surface area (Å²) in [5.74, 6) is -0.725. The Morgan fingerprint density at radius 2 is 2.18 bits per heavy atom. The number of thiazole rings is 1. The fourth-order valence-corrected chi connectivity index (χ4v) is 2.37. The van der Waals surface area contributed by atoms with Crippen LogP contribution in [0.3, 0.4) is 0 Å². The number of nitrogens with zero attached hydrogens (tertiary/aromatic N) is 2. The van der Waals surface area contributed by atoms with Crippen molar-refractivity contribution in [3.8, 4) is 0 Å². The van der Waals surface area contributed by atoms with E-state index in [2.05, 4.69) is 4.98 Å². The Morgan fingerprint density at radius 1 is 1.47 bits per heavy atom. The van der Waals surface area contributed by atoms with Gasteiger partial charge in [0.25, 0.3) is 5.56 Å². The van der Waals surface area contributed by atoms with Crippen LogP contribution in [0.4, 0.5) is 0 Å². The van der Waals surface area contributed by atoms with Gasteiger partial charge in [0.2, 0.25) is 0 Å². The molecule has 2 heterocycles. The molecule has 2 aromatic rings. The fraction of sp³-hybridized carbons (Fsp3) is 0.273. The maximum atomic E-state index is 12.0. The Kier molecular flexibility index (Phi) is 2.89. The van der Waals surface area contributed by atoms with E-state index in [-0.39, 0.29) is 17.8 Å². The van der Waals surface area contributed by atoms with Crippen molar-refractivity contribution in [2.24, 2.45) is 0 Å². The summed E-state index contributed by atoms with van der Waals surface area (Å²) in [6.45, 7) is 2.93. The quantitative estimate of drug-likeness (QED) is 0.607. The lowest BCUT2D eigenvalue weighted by atomic mass is 10.1. The molecule has 6 heteroatoms. The van der Waals surface area contributed by atoms with Crippen LogP contribution in [0.25, 0.3) is 4.96 Å². The lowest BCUT2D eigenvalue weighted by molar-refractivity contribution is -0.116. The predicted octanol–water partition coefficient (Wildman–Crippen LogP) is 1.23. The first-order chi connectivity index (χ1) is 8.00. The number of aromatic nitrogens is 2. The van der Waals surface area contributed by atoms with Gasteiger partial charge in [-0.2, -0.15) is 0 Å². The summed E-state index contributed by atoms with van der Waals surface area (Å²) in [7, 11) is 0. The standard InChI is InChI=1S/C11H10N2O3S/c1-6(14)5-8(15)9-7(2)12-11-13(10(9)16)3-4-17-11/h3-4H,5H2,1-2H3. The minimum Gasteiger partial charge on any atom is -0.300 e. The first kappa shape index (κ1) is 11.7. The molecule has 0 aliphatic carbocycles. The molecule has 0 aliphatic rings. The van der Waals surface area contributed by atoms with Gasteiger partial charge in [0, 0.05) is 11.6 Å². The molecule has 17 heavy (non-hydrogen) atoms. The van der Waals surface area contributed by atoms with Gasteiger partial charge in [0.05, 0.1) is 12.1 Å². The fourth-order valence-electron chi connectivity index (χ4n) is 1.62. The third-order valence-corrected chi connectivity index (χ3v) is 3.09. The summed E-state index contributed by atoms with van der Waals surface area (Å²) in [6, 6.07) is 0. The molecular weight excluding hydrogens is 240 g/mol. The second-order valence-corrected chi connectivity index (χ2v) is 4.61. The van der Waals surface area contributed by atoms with Crippen LogP contribution in [0.2, 0.25) is 0 Å². The van der Waals surface area contributed by atoms with Gasteiger partial charge in [-0.05, 0) is 13.8 Å². The molecule has 0 N–H and O–H groups in total. The molecule has 0 spiro atoms. The van der Waals surface area contributed by atoms with Gasteiger partial charge in [-0.15, -0.1) is 11.3 Å². The highest BCUT2D eigenvalue weighted by Crippen LogP contribution is 2.10. The normalized spacial score (nSPS) is 10.7. The highest BCUT2D eigenvalue weighted by atomic mass is 32.1. The number of hydrogen-bond donors (Lipinski definition) is 0. The lowest BCUT2D eigenvalue weighted by Crippen LogP contribution is -2.24. The van der Waals surface area contributed by atoms with E-state index >= 15 is 0 Å². The van der Waals surface area contributed by atoms with E-state index in [1.807, 2.05) is 0 Å². The molecule has 0 atom stereocenters. The molecular formula is C11H10N2O3S. The smallest absolute Gasteiger partial charge is 0.269 e. The largest absolute Gasteiger partial charge is 0.300 e. The van der Waals surface area contributed by atoms with Crippen LogP contribution >= 0.6 is 11.3 Å². The van der Waals surface area contributed by atoms with E-state index in [4.69, 9.17) is 0 Å². The zero-order chi connectivity index (χ0) is 12.6. The van der Waals surface area contributed by atoms with E-state index < -0.39 is 11.3 Å². The Labute approximate surface area is 101 Å². The average Bonchev–Trinajstić information content (AvgIpc) is 2.64. The number of ketones is 2. The molecule has 2 aromatic heterocycles. The van der Waals surface area contributed by atoms with E-state index in [1.54, 1.807) is 18.5 Å². The number of hydrogen-bond acceptors (Lipinski definition) is 5. The van der Waals surface area contributed by atoms with E-state index in [1.165, 1.54) is 22.7 Å². The van der Waals surface area contributed by atoms with E-state index in [0.717, 1.165) is 0 Å². The van der Waals surface area contributed by atoms with Crippen molar-refractivity contribution < 1.29 is 9.59 Å². The Hall–Kier alpha value is -1.82. The Morgan fingerprint density at radius 3 is 2.82 bits per heavy atom. The van der Waals surface area contributed by atoms with E-state index in [0.29, 0.717) is 10.7 Å². The van der Waals surface area contributed by atoms with Gasteiger partial charge < -0.3 is 0 Å². The van der Waals surface area contributed by atoms with Crippen molar-refractivity contribution in [2.45, 2.75) is 20.3 Å². The number of fused-ring (bicyclic) bond motifs is 1. The van der Waals surface area contributed by atoms with Crippen LogP contribution in [0.5, 0.6) is 0 Å². The summed E-state index contributed by atoms with van der Waals surface area (Å²) in [6.07, 6.45) is 1.31. The van der Waals surface area contributed by atoms with Crippen LogP contribution in [-0.4, -0.2) is 21.0 Å². The van der Waals surface area contributed by atoms with Crippen LogP contribution in [0.15, 0.2) is 16.4 Å². The molecule has 0 saturated heterocycles. The molecule has 0 saturated carbocycles. The number of Topliss-reactive ketones (excluding diaryl/α,β-unsaturated/α-hetero) is 2. The Balaban J connectivity index is 2.64. The molecule has 0 fully saturated rings. The molecule has 88 valence electrons. The third-order valence-electron chi connectivity index (χ3n) is 2.34. The van der Waals surface area contributed by atoms with Crippen LogP contribution in [-0.2, 0) is 4.79 Å². The van der Waals surface area contributed by atoms with E-state index in [9.17, 15) is 14.4 Å². The minimum absolute atomic E-state index is 0.0103. The summed E-state index contributed by atoms with van der Waals surface area (Å²) < 4.78 is 1.32. The van der Waals surface area contributed by atoms with Gasteiger partial charge >= 0.3 is 0 Å². The minimum atomic E-state index is -0.465. The maximum Gasteiger partial charge on any atom is 0.269 e. The molecule has 0 aromatic carbocycles. The van der Waals surface area contributed by atoms with Crippen LogP contribution in [0, 0.1) is 6.92 Å². The molecule has 5 nitrogen and oxygen atoms in total. The third kappa shape index (κ3) is 2.03. The maximum absolute atomic E-state index is 12.0. The van der Waals surface area contributed by atoms with Crippen molar-refractivity contribution in [1.29, 1.82) is 0 Å². The van der Waals surface area contributed by atoms with Gasteiger partial charge in [-0.3, -0.25) is 18.8 Å². The number of carbonyl (C=O) groups excluding carboxylic acids is 2. The van der Waals surface area contributed by atoms with Crippen molar-refractivity contribution in [3.05, 3.63) is 33.2 Å². The second kappa shape index (κ2) is 4.21. The van der Waals surface area contributed by atoms with Gasteiger partial charge in [-0.1, -0.05) is 0 Å². The topological polar surface area (TPSA) is 68.5 Å². The Bertz CT molecular complexity index is 669. The lowest BCUT2D eigenvalue weighted by Gasteiger charge is -2.02.